The maximum atomic E-state index is 14.2. The van der Waals surface area contributed by atoms with Gasteiger partial charge in [-0.3, -0.25) is 4.40 Å². The van der Waals surface area contributed by atoms with E-state index >= 15 is 0 Å². The van der Waals surface area contributed by atoms with Gasteiger partial charge in [0.05, 0.1) is 12.3 Å². The van der Waals surface area contributed by atoms with E-state index in [0.717, 1.165) is 6.07 Å². The van der Waals surface area contributed by atoms with Gasteiger partial charge < -0.3 is 4.74 Å². The molecule has 0 fully saturated rings. The molecule has 0 aromatic carbocycles. The summed E-state index contributed by atoms with van der Waals surface area (Å²) in [6.45, 7) is 6.68. The number of halogens is 5. The highest BCUT2D eigenvalue weighted by atomic mass is 19.4. The molecule has 0 bridgehead atoms. The number of fused-ring (bicyclic) bond motifs is 3. The summed E-state index contributed by atoms with van der Waals surface area (Å²) in [7, 11) is 0. The second-order valence-electron chi connectivity index (χ2n) is 6.05. The summed E-state index contributed by atoms with van der Waals surface area (Å²) in [6, 6.07) is 2.97. The summed E-state index contributed by atoms with van der Waals surface area (Å²) in [6.07, 6.45) is -4.62. The van der Waals surface area contributed by atoms with Crippen LogP contribution in [0.25, 0.3) is 22.3 Å². The van der Waals surface area contributed by atoms with Gasteiger partial charge in [-0.05, 0) is 37.6 Å². The van der Waals surface area contributed by atoms with Crippen molar-refractivity contribution in [1.82, 2.24) is 14.4 Å². The first-order valence-corrected chi connectivity index (χ1v) is 8.08. The Morgan fingerprint density at radius 2 is 1.86 bits per heavy atom. The lowest BCUT2D eigenvalue weighted by Crippen LogP contribution is -2.34. The van der Waals surface area contributed by atoms with Crippen molar-refractivity contribution in [2.75, 3.05) is 6.61 Å². The van der Waals surface area contributed by atoms with Crippen LogP contribution in [0.5, 0.6) is 0 Å². The molecule has 3 aromatic heterocycles. The molecule has 0 atom stereocenters. The van der Waals surface area contributed by atoms with Crippen molar-refractivity contribution in [3.8, 4) is 0 Å². The Morgan fingerprint density at radius 1 is 1.18 bits per heavy atom. The zero-order chi connectivity index (χ0) is 20.9. The minimum atomic E-state index is -5.80. The van der Waals surface area contributed by atoms with Crippen LogP contribution in [0, 0.1) is 0 Å². The van der Waals surface area contributed by atoms with Crippen molar-refractivity contribution in [2.24, 2.45) is 0 Å². The highest BCUT2D eigenvalue weighted by molar-refractivity contribution is 5.90. The van der Waals surface area contributed by atoms with E-state index in [0.29, 0.717) is 6.07 Å². The number of carbonyl (C=O) groups is 1. The van der Waals surface area contributed by atoms with Crippen molar-refractivity contribution in [3.63, 3.8) is 0 Å². The second kappa shape index (κ2) is 6.54. The molecule has 0 spiro atoms. The van der Waals surface area contributed by atoms with Gasteiger partial charge in [0.25, 0.3) is 0 Å². The quantitative estimate of drug-likeness (QED) is 0.470. The van der Waals surface area contributed by atoms with Gasteiger partial charge in [0.2, 0.25) is 0 Å². The minimum Gasteiger partial charge on any atom is -0.461 e. The number of allylic oxidation sites excluding steroid dienone is 1. The van der Waals surface area contributed by atoms with Crippen LogP contribution in [0.3, 0.4) is 0 Å². The third-order valence-corrected chi connectivity index (χ3v) is 4.02. The number of hydrogen-bond donors (Lipinski definition) is 0. The number of nitrogens with zero attached hydrogens (tertiary/aromatic N) is 3. The molecule has 3 heterocycles. The predicted octanol–water partition coefficient (Wildman–Crippen LogP) is 4.75. The molecule has 0 amide bonds. The number of rotatable bonds is 4. The van der Waals surface area contributed by atoms with Crippen LogP contribution in [0.15, 0.2) is 31.0 Å². The van der Waals surface area contributed by atoms with Crippen molar-refractivity contribution in [3.05, 3.63) is 47.9 Å². The van der Waals surface area contributed by atoms with E-state index in [1.54, 1.807) is 6.92 Å². The Hall–Kier alpha value is -3.04. The molecule has 0 aliphatic heterocycles. The molecule has 0 saturated carbocycles. The van der Waals surface area contributed by atoms with Gasteiger partial charge in [-0.25, -0.2) is 14.8 Å². The Bertz CT molecular complexity index is 1100. The Morgan fingerprint density at radius 3 is 2.43 bits per heavy atom. The molecule has 28 heavy (non-hydrogen) atoms. The molecule has 0 aliphatic carbocycles. The van der Waals surface area contributed by atoms with Crippen molar-refractivity contribution < 1.29 is 31.5 Å². The van der Waals surface area contributed by atoms with Gasteiger partial charge in [-0.1, -0.05) is 6.58 Å². The number of alkyl halides is 5. The number of aromatic nitrogens is 3. The van der Waals surface area contributed by atoms with Gasteiger partial charge >= 0.3 is 18.1 Å². The van der Waals surface area contributed by atoms with E-state index in [9.17, 15) is 26.7 Å². The van der Waals surface area contributed by atoms with E-state index in [1.807, 2.05) is 0 Å². The maximum absolute atomic E-state index is 14.2. The van der Waals surface area contributed by atoms with Crippen molar-refractivity contribution in [2.45, 2.75) is 25.9 Å². The van der Waals surface area contributed by atoms with E-state index < -0.39 is 29.0 Å². The molecule has 3 aromatic rings. The molecule has 10 heteroatoms. The van der Waals surface area contributed by atoms with E-state index in [1.165, 1.54) is 23.6 Å². The lowest BCUT2D eigenvalue weighted by Gasteiger charge is -2.22. The first-order valence-electron chi connectivity index (χ1n) is 8.08. The third kappa shape index (κ3) is 3.08. The number of ether oxygens (including phenoxy) is 1. The highest BCUT2D eigenvalue weighted by Crippen LogP contribution is 2.46. The van der Waals surface area contributed by atoms with Gasteiger partial charge in [0, 0.05) is 17.1 Å². The van der Waals surface area contributed by atoms with Crippen LogP contribution >= 0.6 is 0 Å². The number of esters is 1. The molecule has 5 nitrogen and oxygen atoms in total. The SMILES string of the molecule is C=C(C)c1cc(C(F)(F)C(F)(F)F)c2ccc3nc(C(=O)OCC)cn3c2n1. The highest BCUT2D eigenvalue weighted by Gasteiger charge is 2.59. The van der Waals surface area contributed by atoms with Gasteiger partial charge in [-0.15, -0.1) is 0 Å². The summed E-state index contributed by atoms with van der Waals surface area (Å²) >= 11 is 0. The summed E-state index contributed by atoms with van der Waals surface area (Å²) < 4.78 is 73.4. The minimum absolute atomic E-state index is 0.0907. The zero-order valence-corrected chi connectivity index (χ0v) is 14.8. The zero-order valence-electron chi connectivity index (χ0n) is 14.8. The Kier molecular flexibility index (Phi) is 4.60. The van der Waals surface area contributed by atoms with E-state index in [2.05, 4.69) is 16.5 Å². The molecule has 3 rings (SSSR count). The van der Waals surface area contributed by atoms with Gasteiger partial charge in [0.15, 0.2) is 5.69 Å². The predicted molar refractivity (Wildman–Crippen MR) is 91.1 cm³/mol. The monoisotopic (exact) mass is 399 g/mol. The van der Waals surface area contributed by atoms with Crippen LogP contribution < -0.4 is 0 Å². The van der Waals surface area contributed by atoms with Crippen molar-refractivity contribution in [1.29, 1.82) is 0 Å². The van der Waals surface area contributed by atoms with Crippen LogP contribution in [0.2, 0.25) is 0 Å². The molecule has 0 unspecified atom stereocenters. The van der Waals surface area contributed by atoms with Crippen LogP contribution in [-0.2, 0) is 10.7 Å². The standard InChI is InChI=1S/C18H14F5N3O2/c1-4-28-16(27)13-8-26-14(24-13)6-5-10-11(17(19,20)18(21,22)23)7-12(9(2)3)25-15(10)26/h5-8H,2,4H2,1,3H3. The first kappa shape index (κ1) is 19.7. The Labute approximate surface area is 155 Å². The molecular formula is C18H14F5N3O2. The van der Waals surface area contributed by atoms with E-state index in [-0.39, 0.29) is 34.9 Å². The summed E-state index contributed by atoms with van der Waals surface area (Å²) in [5.74, 6) is -5.87. The number of hydrogen-bond acceptors (Lipinski definition) is 4. The molecule has 0 radical (unpaired) electrons. The fourth-order valence-electron chi connectivity index (χ4n) is 2.66. The summed E-state index contributed by atoms with van der Waals surface area (Å²) in [5, 5.41) is -0.423. The fraction of sp³-hybridized carbons (Fsp3) is 0.278. The van der Waals surface area contributed by atoms with Crippen LogP contribution in [0.1, 0.15) is 35.6 Å². The van der Waals surface area contributed by atoms with Gasteiger partial charge in [0.1, 0.15) is 11.3 Å². The molecule has 0 aliphatic rings. The second-order valence-corrected chi connectivity index (χ2v) is 6.05. The van der Waals surface area contributed by atoms with Gasteiger partial charge in [-0.2, -0.15) is 22.0 Å². The third-order valence-electron chi connectivity index (χ3n) is 4.02. The lowest BCUT2D eigenvalue weighted by atomic mass is 10.0. The average Bonchev–Trinajstić information content (AvgIpc) is 3.04. The number of imidazole rings is 1. The normalized spacial score (nSPS) is 12.5. The fourth-order valence-corrected chi connectivity index (χ4v) is 2.66. The molecule has 0 N–H and O–H groups in total. The first-order chi connectivity index (χ1) is 13.0. The maximum Gasteiger partial charge on any atom is 0.458 e. The Balaban J connectivity index is 2.38. The smallest absolute Gasteiger partial charge is 0.458 e. The molecular weight excluding hydrogens is 385 g/mol. The summed E-state index contributed by atoms with van der Waals surface area (Å²) in [4.78, 5) is 20.0. The summed E-state index contributed by atoms with van der Waals surface area (Å²) in [5.41, 5.74) is -1.38. The number of carbonyl (C=O) groups excluding carboxylic acids is 1. The molecule has 0 saturated heterocycles. The number of pyridine rings is 2. The van der Waals surface area contributed by atoms with Crippen molar-refractivity contribution >= 4 is 28.2 Å². The average molecular weight is 399 g/mol. The van der Waals surface area contributed by atoms with E-state index in [4.69, 9.17) is 4.74 Å². The van der Waals surface area contributed by atoms with Crippen LogP contribution in [0.4, 0.5) is 22.0 Å². The molecule has 148 valence electrons. The largest absolute Gasteiger partial charge is 0.461 e. The topological polar surface area (TPSA) is 56.5 Å². The lowest BCUT2D eigenvalue weighted by molar-refractivity contribution is -0.288. The van der Waals surface area contributed by atoms with Crippen LogP contribution in [-0.4, -0.2) is 33.1 Å².